The van der Waals surface area contributed by atoms with Gasteiger partial charge in [-0.1, -0.05) is 43.1 Å². The predicted molar refractivity (Wildman–Crippen MR) is 93.3 cm³/mol. The van der Waals surface area contributed by atoms with Gasteiger partial charge in [0.1, 0.15) is 5.75 Å². The van der Waals surface area contributed by atoms with E-state index in [1.807, 2.05) is 11.4 Å². The van der Waals surface area contributed by atoms with E-state index < -0.39 is 30.7 Å². The SMILES string of the molecule is Cc1c(O)cccc1C(=O)NC(Cc1ccccc1)C(O)C(=O)NC[O-].[K+]. The molecule has 2 amide bonds. The summed E-state index contributed by atoms with van der Waals surface area (Å²) in [5, 5.41) is 35.3. The maximum Gasteiger partial charge on any atom is 1.00 e. The second kappa shape index (κ2) is 11.6. The molecule has 0 radical (unpaired) electrons. The van der Waals surface area contributed by atoms with Gasteiger partial charge in [0.05, 0.1) is 6.04 Å². The Kier molecular flexibility index (Phi) is 10.2. The van der Waals surface area contributed by atoms with Crippen LogP contribution in [0.5, 0.6) is 5.75 Å². The summed E-state index contributed by atoms with van der Waals surface area (Å²) < 4.78 is 0. The van der Waals surface area contributed by atoms with Gasteiger partial charge >= 0.3 is 51.4 Å². The topological polar surface area (TPSA) is 122 Å². The van der Waals surface area contributed by atoms with Crippen LogP contribution in [0.15, 0.2) is 48.5 Å². The molecule has 0 aliphatic carbocycles. The van der Waals surface area contributed by atoms with E-state index in [4.69, 9.17) is 0 Å². The molecule has 2 unspecified atom stereocenters. The van der Waals surface area contributed by atoms with E-state index in [-0.39, 0.29) is 69.1 Å². The average molecular weight is 396 g/mol. The molecular formula is C19H21KN2O5. The van der Waals surface area contributed by atoms with E-state index in [1.54, 1.807) is 31.2 Å². The molecule has 7 nitrogen and oxygen atoms in total. The number of nitrogens with one attached hydrogen (secondary N) is 2. The van der Waals surface area contributed by atoms with E-state index in [0.717, 1.165) is 5.56 Å². The Morgan fingerprint density at radius 3 is 2.41 bits per heavy atom. The van der Waals surface area contributed by atoms with Crippen molar-refractivity contribution in [2.75, 3.05) is 6.73 Å². The van der Waals surface area contributed by atoms with Gasteiger partial charge in [-0.25, -0.2) is 0 Å². The van der Waals surface area contributed by atoms with Gasteiger partial charge in [-0.15, -0.1) is 0 Å². The van der Waals surface area contributed by atoms with Crippen LogP contribution in [-0.4, -0.2) is 40.9 Å². The minimum absolute atomic E-state index is 0. The summed E-state index contributed by atoms with van der Waals surface area (Å²) in [5.74, 6) is -1.41. The fraction of sp³-hybridized carbons (Fsp3) is 0.263. The van der Waals surface area contributed by atoms with Crippen LogP contribution >= 0.6 is 0 Å². The van der Waals surface area contributed by atoms with Gasteiger partial charge in [0.15, 0.2) is 6.10 Å². The number of carbonyl (C=O) groups excluding carboxylic acids is 2. The zero-order chi connectivity index (χ0) is 19.1. The average Bonchev–Trinajstić information content (AvgIpc) is 2.63. The van der Waals surface area contributed by atoms with Gasteiger partial charge in [0, 0.05) is 11.1 Å². The second-order valence-electron chi connectivity index (χ2n) is 5.85. The molecule has 138 valence electrons. The fourth-order valence-electron chi connectivity index (χ4n) is 2.58. The summed E-state index contributed by atoms with van der Waals surface area (Å²) in [6.45, 7) is 0.727. The molecule has 2 aromatic rings. The molecule has 0 bridgehead atoms. The Hall–Kier alpha value is -1.26. The number of aromatic hydroxyl groups is 1. The van der Waals surface area contributed by atoms with Crippen molar-refractivity contribution < 1.29 is 76.3 Å². The molecular weight excluding hydrogens is 375 g/mol. The van der Waals surface area contributed by atoms with E-state index in [1.165, 1.54) is 18.2 Å². The molecule has 2 rings (SSSR count). The molecule has 0 aromatic heterocycles. The van der Waals surface area contributed by atoms with Crippen LogP contribution in [0.1, 0.15) is 21.5 Å². The van der Waals surface area contributed by atoms with Crippen LogP contribution in [0, 0.1) is 6.92 Å². The van der Waals surface area contributed by atoms with Gasteiger partial charge in [-0.2, -0.15) is 0 Å². The van der Waals surface area contributed by atoms with Crippen molar-refractivity contribution in [1.82, 2.24) is 10.6 Å². The van der Waals surface area contributed by atoms with Crippen LogP contribution in [0.25, 0.3) is 0 Å². The molecule has 0 aliphatic rings. The van der Waals surface area contributed by atoms with E-state index in [9.17, 15) is 24.9 Å². The fourth-order valence-corrected chi connectivity index (χ4v) is 2.58. The van der Waals surface area contributed by atoms with Crippen molar-refractivity contribution in [3.05, 3.63) is 65.2 Å². The summed E-state index contributed by atoms with van der Waals surface area (Å²) in [6.07, 6.45) is -1.40. The number of hydrogen-bond donors (Lipinski definition) is 4. The number of aliphatic hydroxyl groups is 1. The molecule has 0 fully saturated rings. The summed E-state index contributed by atoms with van der Waals surface area (Å²) in [7, 11) is 0. The van der Waals surface area contributed by atoms with E-state index in [0.29, 0.717) is 5.56 Å². The summed E-state index contributed by atoms with van der Waals surface area (Å²) in [6, 6.07) is 12.6. The van der Waals surface area contributed by atoms with Crippen molar-refractivity contribution in [3.8, 4) is 5.75 Å². The number of phenols is 1. The van der Waals surface area contributed by atoms with E-state index >= 15 is 0 Å². The largest absolute Gasteiger partial charge is 1.00 e. The third kappa shape index (κ3) is 6.68. The van der Waals surface area contributed by atoms with Gasteiger partial charge in [-0.05, 0) is 31.0 Å². The normalized spacial score (nSPS) is 12.4. The first kappa shape index (κ1) is 23.8. The molecule has 0 saturated carbocycles. The van der Waals surface area contributed by atoms with Crippen molar-refractivity contribution in [2.24, 2.45) is 0 Å². The zero-order valence-corrected chi connectivity index (χ0v) is 18.4. The monoisotopic (exact) mass is 396 g/mol. The maximum atomic E-state index is 12.6. The Morgan fingerprint density at radius 1 is 1.11 bits per heavy atom. The van der Waals surface area contributed by atoms with Gasteiger partial charge in [0.25, 0.3) is 5.91 Å². The molecule has 2 atom stereocenters. The van der Waals surface area contributed by atoms with Crippen molar-refractivity contribution in [1.29, 1.82) is 0 Å². The number of phenolic OH excluding ortho intramolecular Hbond substituents is 1. The number of rotatable bonds is 7. The Labute approximate surface area is 200 Å². The summed E-state index contributed by atoms with van der Waals surface area (Å²) in [5.41, 5.74) is 1.43. The van der Waals surface area contributed by atoms with Crippen molar-refractivity contribution >= 4 is 11.8 Å². The molecule has 2 aromatic carbocycles. The van der Waals surface area contributed by atoms with Crippen LogP contribution in [0.2, 0.25) is 0 Å². The molecule has 0 spiro atoms. The van der Waals surface area contributed by atoms with Crippen LogP contribution < -0.4 is 67.1 Å². The summed E-state index contributed by atoms with van der Waals surface area (Å²) >= 11 is 0. The number of aliphatic hydroxyl groups excluding tert-OH is 1. The van der Waals surface area contributed by atoms with Crippen LogP contribution in [-0.2, 0) is 11.2 Å². The van der Waals surface area contributed by atoms with Crippen LogP contribution in [0.4, 0.5) is 0 Å². The number of benzene rings is 2. The van der Waals surface area contributed by atoms with Gasteiger partial charge in [-0.3, -0.25) is 9.59 Å². The molecule has 0 aliphatic heterocycles. The number of amides is 2. The second-order valence-corrected chi connectivity index (χ2v) is 5.85. The quantitative estimate of drug-likeness (QED) is 0.291. The predicted octanol–water partition coefficient (Wildman–Crippen LogP) is -3.16. The summed E-state index contributed by atoms with van der Waals surface area (Å²) in [4.78, 5) is 24.4. The van der Waals surface area contributed by atoms with E-state index in [2.05, 4.69) is 5.32 Å². The maximum absolute atomic E-state index is 12.6. The molecule has 8 heteroatoms. The molecule has 0 heterocycles. The number of hydrogen-bond acceptors (Lipinski definition) is 5. The smallest absolute Gasteiger partial charge is 0.839 e. The first-order valence-electron chi connectivity index (χ1n) is 8.11. The minimum Gasteiger partial charge on any atom is -0.839 e. The van der Waals surface area contributed by atoms with Crippen LogP contribution in [0.3, 0.4) is 0 Å². The molecule has 27 heavy (non-hydrogen) atoms. The van der Waals surface area contributed by atoms with Crippen molar-refractivity contribution in [3.63, 3.8) is 0 Å². The Morgan fingerprint density at radius 2 is 1.78 bits per heavy atom. The zero-order valence-electron chi connectivity index (χ0n) is 15.3. The molecule has 0 saturated heterocycles. The number of carbonyl (C=O) groups is 2. The molecule has 4 N–H and O–H groups in total. The first-order chi connectivity index (χ1) is 12.4. The van der Waals surface area contributed by atoms with Gasteiger partial charge < -0.3 is 26.0 Å². The van der Waals surface area contributed by atoms with Gasteiger partial charge in [0.2, 0.25) is 5.91 Å². The Balaban J connectivity index is 0.00000364. The minimum atomic E-state index is -1.59. The Bertz CT molecular complexity index is 770. The third-order valence-corrected chi connectivity index (χ3v) is 4.06. The van der Waals surface area contributed by atoms with Crippen molar-refractivity contribution in [2.45, 2.75) is 25.5 Å². The third-order valence-electron chi connectivity index (χ3n) is 4.06. The first-order valence-corrected chi connectivity index (χ1v) is 8.11. The standard InChI is InChI=1S/C19H21N2O5.K/c1-12-14(8-5-9-16(12)23)18(25)21-15(17(24)19(26)20-11-22)10-13-6-3-2-4-7-13;/h2-9,15,17,23-24H,10-11H2,1H3,(H,20,26)(H,21,25);/q-1;+1.